The molecule has 5 aliphatic heterocycles. The molecule has 0 unspecified atom stereocenters. The molecule has 0 bridgehead atoms. The van der Waals surface area contributed by atoms with Crippen LogP contribution in [0.2, 0.25) is 5.02 Å². The summed E-state index contributed by atoms with van der Waals surface area (Å²) < 4.78 is 15.7. The van der Waals surface area contributed by atoms with Crippen molar-refractivity contribution in [3.05, 3.63) is 82.6 Å². The molecule has 9 rings (SSSR count). The third-order valence-corrected chi connectivity index (χ3v) is 14.7. The van der Waals surface area contributed by atoms with Crippen molar-refractivity contribution < 1.29 is 18.8 Å². The summed E-state index contributed by atoms with van der Waals surface area (Å²) >= 11 is 6.37. The van der Waals surface area contributed by atoms with Crippen LogP contribution in [0.4, 0.5) is 31.9 Å². The molecule has 0 aromatic heterocycles. The van der Waals surface area contributed by atoms with Crippen LogP contribution in [0.15, 0.2) is 60.7 Å². The number of carbonyl (C=O) groups is 3. The van der Waals surface area contributed by atoms with Gasteiger partial charge in [0.15, 0.2) is 0 Å². The number of rotatable bonds is 6. The Bertz CT molecular complexity index is 2110. The molecule has 304 valence electrons. The van der Waals surface area contributed by atoms with E-state index in [1.165, 1.54) is 18.9 Å². The topological polar surface area (TPSA) is 106 Å². The van der Waals surface area contributed by atoms with E-state index in [0.717, 1.165) is 95.0 Å². The number of nitrogens with one attached hydrogen (secondary N) is 1. The van der Waals surface area contributed by atoms with Crippen molar-refractivity contribution in [1.82, 2.24) is 15.1 Å². The van der Waals surface area contributed by atoms with Gasteiger partial charge in [-0.05, 0) is 123 Å². The van der Waals surface area contributed by atoms with Crippen LogP contribution < -0.4 is 24.9 Å². The normalized spacial score (nSPS) is 23.6. The van der Waals surface area contributed by atoms with Gasteiger partial charge in [-0.25, -0.2) is 9.18 Å². The highest BCUT2D eigenvalue weighted by Gasteiger charge is 2.49. The van der Waals surface area contributed by atoms with E-state index in [1.54, 1.807) is 17.0 Å². The number of piperidine rings is 2. The fraction of sp³-hybridized carbons (Fsp3) is 0.511. The summed E-state index contributed by atoms with van der Waals surface area (Å²) in [5.74, 6) is -0.628. The van der Waals surface area contributed by atoms with Gasteiger partial charge in [-0.2, -0.15) is 5.26 Å². The van der Waals surface area contributed by atoms with Crippen LogP contribution in [0.5, 0.6) is 0 Å². The molecule has 6 aliphatic rings. The summed E-state index contributed by atoms with van der Waals surface area (Å²) in [6, 6.07) is 21.5. The molecule has 5 heterocycles. The van der Waals surface area contributed by atoms with Crippen LogP contribution in [0, 0.1) is 28.0 Å². The summed E-state index contributed by atoms with van der Waals surface area (Å²) in [6.45, 7) is 10.5. The Kier molecular flexibility index (Phi) is 10.3. The van der Waals surface area contributed by atoms with Crippen LogP contribution >= 0.6 is 11.6 Å². The van der Waals surface area contributed by atoms with Crippen molar-refractivity contribution in [1.29, 1.82) is 5.26 Å². The van der Waals surface area contributed by atoms with E-state index < -0.39 is 0 Å². The lowest BCUT2D eigenvalue weighted by atomic mass is 9.60. The molecule has 3 aromatic rings. The van der Waals surface area contributed by atoms with Gasteiger partial charge in [0.2, 0.25) is 5.91 Å². The second-order valence-corrected chi connectivity index (χ2v) is 18.2. The first kappa shape index (κ1) is 38.6. The number of piperazine rings is 1. The summed E-state index contributed by atoms with van der Waals surface area (Å²) in [4.78, 5) is 50.5. The first-order valence-corrected chi connectivity index (χ1v) is 21.4. The van der Waals surface area contributed by atoms with Crippen molar-refractivity contribution in [2.24, 2.45) is 10.8 Å². The quantitative estimate of drug-likeness (QED) is 0.287. The van der Waals surface area contributed by atoms with Gasteiger partial charge in [-0.1, -0.05) is 11.6 Å². The fourth-order valence-corrected chi connectivity index (χ4v) is 11.1. The molecule has 0 radical (unpaired) electrons. The molecule has 2 spiro atoms. The highest BCUT2D eigenvalue weighted by molar-refractivity contribution is 6.32. The van der Waals surface area contributed by atoms with Crippen LogP contribution in [-0.4, -0.2) is 105 Å². The van der Waals surface area contributed by atoms with E-state index in [4.69, 9.17) is 11.6 Å². The maximum absolute atomic E-state index is 15.7. The van der Waals surface area contributed by atoms with Crippen molar-refractivity contribution in [3.63, 3.8) is 0 Å². The Morgan fingerprint density at radius 1 is 0.793 bits per heavy atom. The van der Waals surface area contributed by atoms with Gasteiger partial charge in [-0.3, -0.25) is 24.7 Å². The zero-order chi connectivity index (χ0) is 40.2. The minimum Gasteiger partial charge on any atom is -0.369 e. The number of nitriles is 1. The zero-order valence-corrected chi connectivity index (χ0v) is 34.0. The van der Waals surface area contributed by atoms with E-state index in [0.29, 0.717) is 65.4 Å². The number of carbonyl (C=O) groups excluding carboxylic acids is 3. The van der Waals surface area contributed by atoms with E-state index in [-0.39, 0.29) is 29.1 Å². The number of nitrogens with zero attached hydrogens (tertiary/aromatic N) is 7. The van der Waals surface area contributed by atoms with E-state index in [1.807, 2.05) is 35.2 Å². The maximum Gasteiger partial charge on any atom is 0.328 e. The number of amides is 4. The lowest BCUT2D eigenvalue weighted by Crippen LogP contribution is -2.59. The average Bonchev–Trinajstić information content (AvgIpc) is 3.55. The molecular weight excluding hydrogens is 755 g/mol. The number of halogens is 2. The maximum atomic E-state index is 15.7. The Morgan fingerprint density at radius 2 is 1.47 bits per heavy atom. The third kappa shape index (κ3) is 7.36. The average molecular weight is 807 g/mol. The van der Waals surface area contributed by atoms with Crippen LogP contribution in [-0.2, 0) is 4.79 Å². The summed E-state index contributed by atoms with van der Waals surface area (Å²) in [6.07, 6.45) is 7.64. The number of urea groups is 1. The standard InChI is InChI=1S/C45H52ClFN8O3/c1-31-26-45(30-55(31)36-4-2-33(29-48)38(46)25-36)13-16-52(17-14-45)40-9-3-32(24-39(40)47)42(57)53-18-11-44(12-19-53)27-37(28-44)51-22-20-50(21-23-51)34-5-7-35(8-6-34)54-15-10-41(56)49-43(54)58/h2-9,24-25,31,37H,10-23,26-28,30H2,1H3,(H,49,56,58)/t31-/m0/s1. The van der Waals surface area contributed by atoms with Crippen molar-refractivity contribution in [2.45, 2.75) is 70.4 Å². The molecule has 4 amide bonds. The van der Waals surface area contributed by atoms with Gasteiger partial charge < -0.3 is 19.6 Å². The fourth-order valence-electron chi connectivity index (χ4n) is 10.9. The highest BCUT2D eigenvalue weighted by atomic mass is 35.5. The van der Waals surface area contributed by atoms with Crippen molar-refractivity contribution in [3.8, 4) is 6.07 Å². The molecule has 13 heteroatoms. The van der Waals surface area contributed by atoms with Crippen LogP contribution in [0.1, 0.15) is 74.2 Å². The lowest BCUT2D eigenvalue weighted by Gasteiger charge is -2.56. The molecule has 1 saturated carbocycles. The monoisotopic (exact) mass is 806 g/mol. The Hall–Kier alpha value is -4.86. The van der Waals surface area contributed by atoms with Gasteiger partial charge in [-0.15, -0.1) is 0 Å². The van der Waals surface area contributed by atoms with E-state index in [2.05, 4.69) is 50.0 Å². The first-order chi connectivity index (χ1) is 28.0. The minimum atomic E-state index is -0.363. The minimum absolute atomic E-state index is 0.0739. The molecule has 6 fully saturated rings. The molecule has 1 atom stereocenters. The second-order valence-electron chi connectivity index (χ2n) is 17.8. The molecule has 5 saturated heterocycles. The van der Waals surface area contributed by atoms with Gasteiger partial charge in [0, 0.05) is 107 Å². The molecule has 58 heavy (non-hydrogen) atoms. The van der Waals surface area contributed by atoms with Gasteiger partial charge in [0.05, 0.1) is 16.3 Å². The Labute approximate surface area is 345 Å². The smallest absolute Gasteiger partial charge is 0.328 e. The molecule has 3 aromatic carbocycles. The van der Waals surface area contributed by atoms with Crippen molar-refractivity contribution >= 4 is 52.2 Å². The molecular formula is C45H52ClFN8O3. The largest absolute Gasteiger partial charge is 0.369 e. The highest BCUT2D eigenvalue weighted by Crippen LogP contribution is 2.51. The van der Waals surface area contributed by atoms with Crippen LogP contribution in [0.3, 0.4) is 0 Å². The second kappa shape index (κ2) is 15.4. The summed E-state index contributed by atoms with van der Waals surface area (Å²) in [5.41, 5.74) is 4.93. The van der Waals surface area contributed by atoms with Gasteiger partial charge in [0.1, 0.15) is 11.9 Å². The number of hydrogen-bond donors (Lipinski definition) is 1. The van der Waals surface area contributed by atoms with Crippen LogP contribution in [0.25, 0.3) is 0 Å². The summed E-state index contributed by atoms with van der Waals surface area (Å²) in [7, 11) is 0. The SMILES string of the molecule is C[C@H]1CC2(CCN(c3ccc(C(=O)N4CCC5(CC4)CC(N4CCN(c6ccc(N7CCC(=O)NC7=O)cc6)CC4)C5)cc3F)CC2)CN1c1ccc(C#N)c(Cl)c1. The molecule has 1 N–H and O–H groups in total. The van der Waals surface area contributed by atoms with E-state index in [9.17, 15) is 19.6 Å². The van der Waals surface area contributed by atoms with Gasteiger partial charge >= 0.3 is 6.03 Å². The predicted molar refractivity (Wildman–Crippen MR) is 224 cm³/mol. The Morgan fingerprint density at radius 3 is 2.12 bits per heavy atom. The van der Waals surface area contributed by atoms with E-state index >= 15 is 4.39 Å². The molecule has 11 nitrogen and oxygen atoms in total. The lowest BCUT2D eigenvalue weighted by molar-refractivity contribution is -0.120. The van der Waals surface area contributed by atoms with Crippen molar-refractivity contribution in [2.75, 3.05) is 85.0 Å². The zero-order valence-electron chi connectivity index (χ0n) is 33.3. The number of benzene rings is 3. The number of likely N-dealkylation sites (tertiary alicyclic amines) is 1. The molecule has 1 aliphatic carbocycles. The number of imide groups is 1. The third-order valence-electron chi connectivity index (χ3n) is 14.4. The predicted octanol–water partition coefficient (Wildman–Crippen LogP) is 6.89. The van der Waals surface area contributed by atoms with Gasteiger partial charge in [0.25, 0.3) is 5.91 Å². The number of anilines is 4. The first-order valence-electron chi connectivity index (χ1n) is 21.0. The number of hydrogen-bond acceptors (Lipinski definition) is 8. The summed E-state index contributed by atoms with van der Waals surface area (Å²) in [5, 5.41) is 12.2. The Balaban J connectivity index is 0.722.